The fourth-order valence-electron chi connectivity index (χ4n) is 2.67. The van der Waals surface area contributed by atoms with Crippen molar-refractivity contribution < 1.29 is 9.84 Å². The summed E-state index contributed by atoms with van der Waals surface area (Å²) in [7, 11) is 1.76. The molecule has 0 aromatic carbocycles. The zero-order valence-corrected chi connectivity index (χ0v) is 11.4. The van der Waals surface area contributed by atoms with E-state index in [1.54, 1.807) is 13.4 Å². The average molecular weight is 278 g/mol. The molecule has 2 aromatic heterocycles. The maximum Gasteiger partial charge on any atom is 0.224 e. The molecule has 3 rings (SSSR count). The van der Waals surface area contributed by atoms with Gasteiger partial charge in [-0.1, -0.05) is 6.92 Å². The van der Waals surface area contributed by atoms with Gasteiger partial charge in [0.25, 0.3) is 0 Å². The molecule has 3 atom stereocenters. The Morgan fingerprint density at radius 2 is 2.35 bits per heavy atom. The Bertz CT molecular complexity index is 628. The number of imidazole rings is 1. The number of aliphatic hydroxyl groups is 1. The van der Waals surface area contributed by atoms with E-state index in [0.717, 1.165) is 6.42 Å². The van der Waals surface area contributed by atoms with Crippen LogP contribution in [0.1, 0.15) is 19.6 Å². The van der Waals surface area contributed by atoms with Crippen LogP contribution < -0.4 is 11.1 Å². The van der Waals surface area contributed by atoms with Crippen molar-refractivity contribution in [1.82, 2.24) is 19.5 Å². The molecule has 2 unspecified atom stereocenters. The maximum absolute atomic E-state index is 9.23. The molecule has 108 valence electrons. The van der Waals surface area contributed by atoms with Crippen molar-refractivity contribution in [3.63, 3.8) is 0 Å². The number of nitrogens with zero attached hydrogens (tertiary/aromatic N) is 4. The second kappa shape index (κ2) is 4.88. The Kier molecular flexibility index (Phi) is 3.19. The largest absolute Gasteiger partial charge is 0.394 e. The molecule has 1 saturated heterocycles. The molecule has 2 aromatic rings. The third kappa shape index (κ3) is 1.97. The van der Waals surface area contributed by atoms with Crippen LogP contribution in [0.2, 0.25) is 0 Å². The minimum atomic E-state index is -0.198. The Morgan fingerprint density at radius 1 is 1.55 bits per heavy atom. The predicted molar refractivity (Wildman–Crippen MR) is 74.1 cm³/mol. The van der Waals surface area contributed by atoms with E-state index >= 15 is 0 Å². The summed E-state index contributed by atoms with van der Waals surface area (Å²) in [6, 6.07) is 0. The second-order valence-corrected chi connectivity index (χ2v) is 5.05. The number of nitrogens with two attached hydrogens (primary N) is 1. The summed E-state index contributed by atoms with van der Waals surface area (Å²) in [4.78, 5) is 12.7. The Hall–Kier alpha value is -1.93. The molecule has 0 spiro atoms. The van der Waals surface area contributed by atoms with Crippen molar-refractivity contribution in [1.29, 1.82) is 0 Å². The van der Waals surface area contributed by atoms with Crippen molar-refractivity contribution in [3.05, 3.63) is 6.33 Å². The van der Waals surface area contributed by atoms with E-state index in [2.05, 4.69) is 27.2 Å². The Labute approximate surface area is 116 Å². The fraction of sp³-hybridized carbons (Fsp3) is 0.583. The van der Waals surface area contributed by atoms with Gasteiger partial charge in [-0.05, 0) is 6.42 Å². The Balaban J connectivity index is 2.07. The summed E-state index contributed by atoms with van der Waals surface area (Å²) in [5, 5.41) is 12.2. The van der Waals surface area contributed by atoms with Crippen LogP contribution in [0.4, 0.5) is 11.8 Å². The number of rotatable bonds is 3. The van der Waals surface area contributed by atoms with Crippen molar-refractivity contribution >= 4 is 22.9 Å². The molecule has 8 heteroatoms. The van der Waals surface area contributed by atoms with Gasteiger partial charge in [0, 0.05) is 13.0 Å². The lowest BCUT2D eigenvalue weighted by atomic mass is 10.1. The van der Waals surface area contributed by atoms with Crippen LogP contribution >= 0.6 is 0 Å². The third-order valence-corrected chi connectivity index (χ3v) is 3.61. The van der Waals surface area contributed by atoms with Crippen LogP contribution in [0.5, 0.6) is 0 Å². The molecule has 0 radical (unpaired) electrons. The van der Waals surface area contributed by atoms with Crippen molar-refractivity contribution in [2.24, 2.45) is 5.92 Å². The van der Waals surface area contributed by atoms with E-state index in [9.17, 15) is 5.11 Å². The normalized spacial score (nSPS) is 26.2. The highest BCUT2D eigenvalue weighted by Crippen LogP contribution is 2.36. The molecule has 0 bridgehead atoms. The summed E-state index contributed by atoms with van der Waals surface area (Å²) in [6.45, 7) is 2.10. The van der Waals surface area contributed by atoms with E-state index < -0.39 is 0 Å². The highest BCUT2D eigenvalue weighted by Gasteiger charge is 2.34. The molecule has 0 saturated carbocycles. The molecule has 1 aliphatic rings. The molecule has 8 nitrogen and oxygen atoms in total. The monoisotopic (exact) mass is 278 g/mol. The van der Waals surface area contributed by atoms with Gasteiger partial charge >= 0.3 is 0 Å². The predicted octanol–water partition coefficient (Wildman–Crippen LogP) is 0.366. The lowest BCUT2D eigenvalue weighted by Gasteiger charge is -2.17. The number of nitrogens with one attached hydrogen (secondary N) is 1. The minimum absolute atomic E-state index is 0.0202. The summed E-state index contributed by atoms with van der Waals surface area (Å²) >= 11 is 0. The number of ether oxygens (including phenoxy) is 1. The van der Waals surface area contributed by atoms with Gasteiger partial charge in [0.05, 0.1) is 19.0 Å². The number of fused-ring (bicyclic) bond motifs is 1. The summed E-state index contributed by atoms with van der Waals surface area (Å²) in [5.74, 6) is 1.04. The first-order valence-electron chi connectivity index (χ1n) is 6.58. The molecule has 0 amide bonds. The van der Waals surface area contributed by atoms with Crippen molar-refractivity contribution in [3.8, 4) is 0 Å². The van der Waals surface area contributed by atoms with Crippen molar-refractivity contribution in [2.45, 2.75) is 25.7 Å². The van der Waals surface area contributed by atoms with Gasteiger partial charge in [-0.2, -0.15) is 9.97 Å². The van der Waals surface area contributed by atoms with Crippen LogP contribution in [0.3, 0.4) is 0 Å². The summed E-state index contributed by atoms with van der Waals surface area (Å²) in [6.07, 6.45) is 2.15. The molecular weight excluding hydrogens is 260 g/mol. The molecular formula is C12H18N6O2. The first-order valence-corrected chi connectivity index (χ1v) is 6.58. The second-order valence-electron chi connectivity index (χ2n) is 5.05. The number of anilines is 2. The van der Waals surface area contributed by atoms with Gasteiger partial charge in [0.2, 0.25) is 5.95 Å². The van der Waals surface area contributed by atoms with Crippen LogP contribution in [-0.2, 0) is 4.74 Å². The van der Waals surface area contributed by atoms with E-state index in [-0.39, 0.29) is 30.8 Å². The SMILES string of the molecule is CNc1nc(N)nc2c1ncn2[C@@H]1OC(CO)CC1C. The van der Waals surface area contributed by atoms with E-state index in [1.807, 2.05) is 4.57 Å². The number of nitrogen functional groups attached to an aromatic ring is 1. The lowest BCUT2D eigenvalue weighted by Crippen LogP contribution is -2.15. The standard InChI is InChI=1S/C12H18N6O2/c1-6-3-7(4-19)20-11(6)18-5-15-8-9(14-2)16-12(13)17-10(8)18/h5-7,11,19H,3-4H2,1-2H3,(H3,13,14,16,17)/t6?,7?,11-/m1/s1. The number of hydrogen-bond acceptors (Lipinski definition) is 7. The number of aliphatic hydroxyl groups excluding tert-OH is 1. The van der Waals surface area contributed by atoms with Crippen LogP contribution in [-0.4, -0.2) is 44.4 Å². The van der Waals surface area contributed by atoms with Crippen molar-refractivity contribution in [2.75, 3.05) is 24.7 Å². The van der Waals surface area contributed by atoms with Gasteiger partial charge in [-0.25, -0.2) is 4.98 Å². The smallest absolute Gasteiger partial charge is 0.224 e. The van der Waals surface area contributed by atoms with Gasteiger partial charge < -0.3 is 20.9 Å². The molecule has 3 heterocycles. The quantitative estimate of drug-likeness (QED) is 0.743. The van der Waals surface area contributed by atoms with E-state index in [0.29, 0.717) is 17.0 Å². The van der Waals surface area contributed by atoms with Crippen LogP contribution in [0, 0.1) is 5.92 Å². The fourth-order valence-corrected chi connectivity index (χ4v) is 2.67. The van der Waals surface area contributed by atoms with Crippen LogP contribution in [0.15, 0.2) is 6.33 Å². The zero-order valence-electron chi connectivity index (χ0n) is 11.4. The Morgan fingerprint density at radius 3 is 3.00 bits per heavy atom. The maximum atomic E-state index is 9.23. The molecule has 0 aliphatic carbocycles. The van der Waals surface area contributed by atoms with Crippen LogP contribution in [0.25, 0.3) is 11.2 Å². The first kappa shape index (κ1) is 13.1. The molecule has 1 aliphatic heterocycles. The van der Waals surface area contributed by atoms with Gasteiger partial charge in [-0.3, -0.25) is 4.57 Å². The minimum Gasteiger partial charge on any atom is -0.394 e. The molecule has 4 N–H and O–H groups in total. The molecule has 1 fully saturated rings. The first-order chi connectivity index (χ1) is 9.63. The zero-order chi connectivity index (χ0) is 14.3. The summed E-state index contributed by atoms with van der Waals surface area (Å²) in [5.41, 5.74) is 7.02. The third-order valence-electron chi connectivity index (χ3n) is 3.61. The van der Waals surface area contributed by atoms with Gasteiger partial charge in [-0.15, -0.1) is 0 Å². The van der Waals surface area contributed by atoms with E-state index in [1.165, 1.54) is 0 Å². The topological polar surface area (TPSA) is 111 Å². The average Bonchev–Trinajstić information content (AvgIpc) is 3.00. The number of hydrogen-bond donors (Lipinski definition) is 3. The van der Waals surface area contributed by atoms with Gasteiger partial charge in [0.15, 0.2) is 17.0 Å². The summed E-state index contributed by atoms with van der Waals surface area (Å²) < 4.78 is 7.70. The van der Waals surface area contributed by atoms with Gasteiger partial charge in [0.1, 0.15) is 6.23 Å². The highest BCUT2D eigenvalue weighted by atomic mass is 16.5. The highest BCUT2D eigenvalue weighted by molar-refractivity contribution is 5.84. The van der Waals surface area contributed by atoms with E-state index in [4.69, 9.17) is 10.5 Å². The molecule has 20 heavy (non-hydrogen) atoms. The number of aromatic nitrogens is 4. The lowest BCUT2D eigenvalue weighted by molar-refractivity contribution is -0.0294.